The minimum absolute atomic E-state index is 0.541. The molecule has 0 radical (unpaired) electrons. The van der Waals surface area contributed by atoms with Gasteiger partial charge in [0.1, 0.15) is 5.75 Å². The zero-order valence-corrected chi connectivity index (χ0v) is 13.6. The Bertz CT molecular complexity index is 550. The highest BCUT2D eigenvalue weighted by atomic mass is 79.9. The molecule has 1 unspecified atom stereocenters. The van der Waals surface area contributed by atoms with Crippen LogP contribution in [-0.4, -0.2) is 12.2 Å². The number of rotatable bonds is 4. The van der Waals surface area contributed by atoms with Gasteiger partial charge in [-0.1, -0.05) is 44.0 Å². The summed E-state index contributed by atoms with van der Waals surface area (Å²) in [7, 11) is 1.64. The summed E-state index contributed by atoms with van der Waals surface area (Å²) in [6.07, 6.45) is 0.0148. The molecule has 2 aromatic carbocycles. The van der Waals surface area contributed by atoms with Crippen molar-refractivity contribution in [3.8, 4) is 5.75 Å². The van der Waals surface area contributed by atoms with E-state index in [1.807, 2.05) is 42.5 Å². The van der Waals surface area contributed by atoms with Crippen LogP contribution in [0.15, 0.2) is 51.4 Å². The van der Waals surface area contributed by atoms with Crippen molar-refractivity contribution in [1.82, 2.24) is 0 Å². The first kappa shape index (κ1) is 14.6. The predicted molar refractivity (Wildman–Crippen MR) is 83.5 cm³/mol. The summed E-state index contributed by atoms with van der Waals surface area (Å²) in [4.78, 5) is 0. The highest BCUT2D eigenvalue weighted by Gasteiger charge is 2.10. The van der Waals surface area contributed by atoms with Crippen molar-refractivity contribution in [2.75, 3.05) is 7.11 Å². The maximum atomic E-state index is 10.3. The lowest BCUT2D eigenvalue weighted by Gasteiger charge is -2.13. The number of benzene rings is 2. The van der Waals surface area contributed by atoms with Gasteiger partial charge in [0.25, 0.3) is 0 Å². The number of hydrogen-bond donors (Lipinski definition) is 1. The third-order valence-electron chi connectivity index (χ3n) is 2.83. The Morgan fingerprint density at radius 3 is 2.42 bits per heavy atom. The van der Waals surface area contributed by atoms with Gasteiger partial charge in [-0.05, 0) is 41.5 Å². The van der Waals surface area contributed by atoms with E-state index in [-0.39, 0.29) is 0 Å². The maximum Gasteiger partial charge on any atom is 0.119 e. The van der Waals surface area contributed by atoms with Crippen LogP contribution >= 0.6 is 31.9 Å². The molecule has 0 aliphatic carbocycles. The fraction of sp³-hybridized carbons (Fsp3) is 0.200. The van der Waals surface area contributed by atoms with Gasteiger partial charge < -0.3 is 9.84 Å². The largest absolute Gasteiger partial charge is 0.497 e. The first-order chi connectivity index (χ1) is 9.08. The number of hydrogen-bond acceptors (Lipinski definition) is 2. The number of ether oxygens (including phenoxy) is 1. The average molecular weight is 386 g/mol. The van der Waals surface area contributed by atoms with Gasteiger partial charge in [-0.15, -0.1) is 0 Å². The lowest BCUT2D eigenvalue weighted by molar-refractivity contribution is 0.178. The van der Waals surface area contributed by atoms with E-state index in [2.05, 4.69) is 31.9 Å². The topological polar surface area (TPSA) is 29.5 Å². The van der Waals surface area contributed by atoms with Gasteiger partial charge in [0.05, 0.1) is 13.2 Å². The van der Waals surface area contributed by atoms with E-state index in [9.17, 15) is 5.11 Å². The second-order valence-electron chi connectivity index (χ2n) is 4.27. The molecule has 0 saturated carbocycles. The Hall–Kier alpha value is -0.840. The van der Waals surface area contributed by atoms with Crippen LogP contribution in [0.3, 0.4) is 0 Å². The van der Waals surface area contributed by atoms with Crippen LogP contribution in [0.2, 0.25) is 0 Å². The standard InChI is InChI=1S/C15H14Br2O2/c1-19-14-4-2-3-10(5-14)6-15(18)11-7-12(16)9-13(17)8-11/h2-5,7-9,15,18H,6H2,1H3. The molecule has 0 amide bonds. The predicted octanol–water partition coefficient (Wildman–Crippen LogP) is 4.50. The van der Waals surface area contributed by atoms with Crippen molar-refractivity contribution >= 4 is 31.9 Å². The third-order valence-corrected chi connectivity index (χ3v) is 3.75. The van der Waals surface area contributed by atoms with Crippen molar-refractivity contribution in [2.24, 2.45) is 0 Å². The Kier molecular flexibility index (Phi) is 5.02. The molecule has 1 N–H and O–H groups in total. The van der Waals surface area contributed by atoms with Crippen LogP contribution in [0.4, 0.5) is 0 Å². The molecule has 100 valence electrons. The zero-order chi connectivity index (χ0) is 13.8. The summed E-state index contributed by atoms with van der Waals surface area (Å²) >= 11 is 6.86. The van der Waals surface area contributed by atoms with Crippen molar-refractivity contribution in [3.05, 3.63) is 62.5 Å². The fourth-order valence-corrected chi connectivity index (χ4v) is 3.24. The van der Waals surface area contributed by atoms with Crippen LogP contribution in [-0.2, 0) is 6.42 Å². The number of methoxy groups -OCH3 is 1. The Balaban J connectivity index is 2.17. The Labute approximate surface area is 129 Å². The molecular weight excluding hydrogens is 372 g/mol. The first-order valence-corrected chi connectivity index (χ1v) is 7.44. The Morgan fingerprint density at radius 2 is 1.79 bits per heavy atom. The highest BCUT2D eigenvalue weighted by Crippen LogP contribution is 2.27. The Morgan fingerprint density at radius 1 is 1.11 bits per heavy atom. The zero-order valence-electron chi connectivity index (χ0n) is 10.4. The normalized spacial score (nSPS) is 12.2. The lowest BCUT2D eigenvalue weighted by atomic mass is 10.0. The van der Waals surface area contributed by atoms with Gasteiger partial charge in [0.15, 0.2) is 0 Å². The van der Waals surface area contributed by atoms with Crippen LogP contribution < -0.4 is 4.74 Å². The first-order valence-electron chi connectivity index (χ1n) is 5.85. The van der Waals surface area contributed by atoms with E-state index >= 15 is 0 Å². The number of aliphatic hydroxyl groups is 1. The molecular formula is C15H14Br2O2. The van der Waals surface area contributed by atoms with Crippen molar-refractivity contribution in [2.45, 2.75) is 12.5 Å². The van der Waals surface area contributed by atoms with Crippen LogP contribution in [0.25, 0.3) is 0 Å². The number of halogens is 2. The molecule has 0 heterocycles. The molecule has 0 aliphatic heterocycles. The van der Waals surface area contributed by atoms with Gasteiger partial charge in [-0.25, -0.2) is 0 Å². The van der Waals surface area contributed by atoms with Gasteiger partial charge in [0, 0.05) is 15.4 Å². The molecule has 0 spiro atoms. The summed E-state index contributed by atoms with van der Waals surface area (Å²) in [5, 5.41) is 10.3. The summed E-state index contributed by atoms with van der Waals surface area (Å²) in [6.45, 7) is 0. The third kappa shape index (κ3) is 4.06. The van der Waals surface area contributed by atoms with E-state index in [1.54, 1.807) is 7.11 Å². The molecule has 0 aliphatic rings. The SMILES string of the molecule is COc1cccc(CC(O)c2cc(Br)cc(Br)c2)c1. The van der Waals surface area contributed by atoms with Crippen LogP contribution in [0.1, 0.15) is 17.2 Å². The fourth-order valence-electron chi connectivity index (χ4n) is 1.91. The van der Waals surface area contributed by atoms with Crippen molar-refractivity contribution in [1.29, 1.82) is 0 Å². The van der Waals surface area contributed by atoms with Gasteiger partial charge in [0.2, 0.25) is 0 Å². The molecule has 1 atom stereocenters. The minimum Gasteiger partial charge on any atom is -0.497 e. The van der Waals surface area contributed by atoms with Gasteiger partial charge >= 0.3 is 0 Å². The lowest BCUT2D eigenvalue weighted by Crippen LogP contribution is -2.02. The quantitative estimate of drug-likeness (QED) is 0.839. The maximum absolute atomic E-state index is 10.3. The van der Waals surface area contributed by atoms with Crippen molar-refractivity contribution in [3.63, 3.8) is 0 Å². The van der Waals surface area contributed by atoms with Gasteiger partial charge in [-0.3, -0.25) is 0 Å². The van der Waals surface area contributed by atoms with E-state index < -0.39 is 6.10 Å². The molecule has 0 saturated heterocycles. The number of aliphatic hydroxyl groups excluding tert-OH is 1. The molecule has 2 aromatic rings. The smallest absolute Gasteiger partial charge is 0.119 e. The molecule has 0 bridgehead atoms. The summed E-state index contributed by atoms with van der Waals surface area (Å²) in [6, 6.07) is 13.5. The van der Waals surface area contributed by atoms with Crippen LogP contribution in [0, 0.1) is 0 Å². The van der Waals surface area contributed by atoms with Gasteiger partial charge in [-0.2, -0.15) is 0 Å². The molecule has 2 nitrogen and oxygen atoms in total. The molecule has 19 heavy (non-hydrogen) atoms. The summed E-state index contributed by atoms with van der Waals surface area (Å²) < 4.78 is 7.08. The molecule has 2 rings (SSSR count). The van der Waals surface area contributed by atoms with E-state index in [0.717, 1.165) is 25.8 Å². The molecule has 4 heteroatoms. The van der Waals surface area contributed by atoms with E-state index in [1.165, 1.54) is 0 Å². The highest BCUT2D eigenvalue weighted by molar-refractivity contribution is 9.11. The van der Waals surface area contributed by atoms with E-state index in [4.69, 9.17) is 4.74 Å². The van der Waals surface area contributed by atoms with Crippen LogP contribution in [0.5, 0.6) is 5.75 Å². The van der Waals surface area contributed by atoms with Crippen molar-refractivity contribution < 1.29 is 9.84 Å². The molecule has 0 fully saturated rings. The average Bonchev–Trinajstić information content (AvgIpc) is 2.37. The second-order valence-corrected chi connectivity index (χ2v) is 6.11. The summed E-state index contributed by atoms with van der Waals surface area (Å²) in [5.74, 6) is 0.806. The summed E-state index contributed by atoms with van der Waals surface area (Å²) in [5.41, 5.74) is 1.92. The molecule has 0 aromatic heterocycles. The monoisotopic (exact) mass is 384 g/mol. The minimum atomic E-state index is -0.541. The van der Waals surface area contributed by atoms with E-state index in [0.29, 0.717) is 6.42 Å². The second kappa shape index (κ2) is 6.55.